The van der Waals surface area contributed by atoms with Crippen LogP contribution in [-0.4, -0.2) is 15.3 Å². The lowest BCUT2D eigenvalue weighted by Gasteiger charge is -2.15. The number of hydrogen-bond donors (Lipinski definition) is 0. The van der Waals surface area contributed by atoms with Crippen LogP contribution in [0, 0.1) is 6.92 Å². The first-order valence-corrected chi connectivity index (χ1v) is 11.6. The van der Waals surface area contributed by atoms with Gasteiger partial charge >= 0.3 is 6.18 Å². The molecule has 36 heavy (non-hydrogen) atoms. The first kappa shape index (κ1) is 24.2. The van der Waals surface area contributed by atoms with Gasteiger partial charge in [-0.05, 0) is 48.9 Å². The van der Waals surface area contributed by atoms with E-state index in [4.69, 9.17) is 27.6 Å². The second-order valence-electron chi connectivity index (χ2n) is 8.29. The minimum atomic E-state index is -4.85. The van der Waals surface area contributed by atoms with Crippen LogP contribution in [0.4, 0.5) is 13.2 Å². The maximum atomic E-state index is 14.6. The lowest BCUT2D eigenvalue weighted by atomic mass is 10.0. The van der Waals surface area contributed by atoms with Gasteiger partial charge in [0.1, 0.15) is 5.69 Å². The summed E-state index contributed by atoms with van der Waals surface area (Å²) in [6.45, 7) is 1.53. The fraction of sp³-hybridized carbons (Fsp3) is 0.111. The van der Waals surface area contributed by atoms with Crippen molar-refractivity contribution < 1.29 is 22.4 Å². The molecule has 5 aromatic rings. The van der Waals surface area contributed by atoms with E-state index in [1.807, 2.05) is 0 Å². The number of aromatic nitrogens is 2. The van der Waals surface area contributed by atoms with E-state index in [9.17, 15) is 18.0 Å². The summed E-state index contributed by atoms with van der Waals surface area (Å²) in [5.74, 6) is -1.06. The maximum Gasteiger partial charge on any atom is 0.432 e. The van der Waals surface area contributed by atoms with Crippen molar-refractivity contribution in [2.75, 3.05) is 0 Å². The van der Waals surface area contributed by atoms with E-state index in [-0.39, 0.29) is 34.1 Å². The lowest BCUT2D eigenvalue weighted by molar-refractivity contribution is -0.143. The predicted molar refractivity (Wildman–Crippen MR) is 133 cm³/mol. The number of carbonyl (C=O) groups is 1. The van der Waals surface area contributed by atoms with Crippen LogP contribution in [0.5, 0.6) is 0 Å². The van der Waals surface area contributed by atoms with E-state index < -0.39 is 23.2 Å². The molecule has 0 aliphatic carbocycles. The number of fused-ring (bicyclic) bond motifs is 1. The van der Waals surface area contributed by atoms with Crippen LogP contribution in [0.15, 0.2) is 77.3 Å². The molecule has 5 rings (SSSR count). The Morgan fingerprint density at radius 2 is 1.78 bits per heavy atom. The summed E-state index contributed by atoms with van der Waals surface area (Å²) >= 11 is 12.2. The van der Waals surface area contributed by atoms with Gasteiger partial charge in [-0.15, -0.1) is 0 Å². The number of nitrogens with zero attached hydrogens (tertiary/aromatic N) is 2. The maximum absolute atomic E-state index is 14.6. The van der Waals surface area contributed by atoms with Crippen LogP contribution in [0.25, 0.3) is 22.4 Å². The van der Waals surface area contributed by atoms with Crippen molar-refractivity contribution in [2.24, 2.45) is 0 Å². The SMILES string of the molecule is Cc1ccc2c(c1)c(C(=O)c1cnc(-c3ccccc3)o1)c(C(F)(F)F)n2Cc1ccc(Cl)cc1Cl. The molecule has 0 bridgehead atoms. The van der Waals surface area contributed by atoms with Crippen molar-refractivity contribution in [3.63, 3.8) is 0 Å². The highest BCUT2D eigenvalue weighted by molar-refractivity contribution is 6.35. The Morgan fingerprint density at radius 1 is 1.03 bits per heavy atom. The molecule has 0 radical (unpaired) electrons. The van der Waals surface area contributed by atoms with Crippen molar-refractivity contribution in [1.29, 1.82) is 0 Å². The molecular formula is C27H17Cl2F3N2O2. The minimum Gasteiger partial charge on any atom is -0.433 e. The van der Waals surface area contributed by atoms with Crippen LogP contribution in [0.3, 0.4) is 0 Å². The number of oxazole rings is 1. The molecule has 0 aliphatic heterocycles. The van der Waals surface area contributed by atoms with Gasteiger partial charge in [0.15, 0.2) is 5.76 Å². The van der Waals surface area contributed by atoms with Crippen molar-refractivity contribution >= 4 is 39.9 Å². The van der Waals surface area contributed by atoms with Crippen LogP contribution in [0.1, 0.15) is 32.9 Å². The van der Waals surface area contributed by atoms with E-state index >= 15 is 0 Å². The summed E-state index contributed by atoms with van der Waals surface area (Å²) in [6.07, 6.45) is -3.70. The zero-order valence-corrected chi connectivity index (χ0v) is 20.2. The molecule has 0 N–H and O–H groups in total. The Bertz CT molecular complexity index is 1610. The molecule has 0 amide bonds. The van der Waals surface area contributed by atoms with E-state index in [1.165, 1.54) is 6.07 Å². The van der Waals surface area contributed by atoms with Crippen LogP contribution in [0.2, 0.25) is 10.0 Å². The summed E-state index contributed by atoms with van der Waals surface area (Å²) in [5.41, 5.74) is 0.385. The first-order chi connectivity index (χ1) is 17.1. The molecule has 3 aromatic carbocycles. The number of rotatable bonds is 5. The van der Waals surface area contributed by atoms with Gasteiger partial charge in [-0.25, -0.2) is 4.98 Å². The van der Waals surface area contributed by atoms with E-state index in [2.05, 4.69) is 4.98 Å². The van der Waals surface area contributed by atoms with Gasteiger partial charge in [-0.3, -0.25) is 4.79 Å². The van der Waals surface area contributed by atoms with Crippen LogP contribution >= 0.6 is 23.2 Å². The van der Waals surface area contributed by atoms with Gasteiger partial charge in [0.05, 0.1) is 11.8 Å². The highest BCUT2D eigenvalue weighted by Crippen LogP contribution is 2.41. The zero-order valence-electron chi connectivity index (χ0n) is 18.7. The van der Waals surface area contributed by atoms with Gasteiger partial charge in [0.2, 0.25) is 11.7 Å². The third kappa shape index (κ3) is 4.40. The van der Waals surface area contributed by atoms with E-state index in [0.717, 1.165) is 10.8 Å². The molecule has 0 saturated heterocycles. The topological polar surface area (TPSA) is 48.0 Å². The fourth-order valence-corrected chi connectivity index (χ4v) is 4.66. The molecule has 0 atom stereocenters. The monoisotopic (exact) mass is 528 g/mol. The third-order valence-corrected chi connectivity index (χ3v) is 6.40. The Balaban J connectivity index is 1.71. The highest BCUT2D eigenvalue weighted by atomic mass is 35.5. The molecule has 0 spiro atoms. The smallest absolute Gasteiger partial charge is 0.432 e. The number of aryl methyl sites for hydroxylation is 1. The van der Waals surface area contributed by atoms with Gasteiger partial charge < -0.3 is 8.98 Å². The Hall–Kier alpha value is -3.55. The summed E-state index contributed by atoms with van der Waals surface area (Å²) in [6, 6.07) is 18.2. The number of halogens is 5. The molecule has 9 heteroatoms. The summed E-state index contributed by atoms with van der Waals surface area (Å²) in [4.78, 5) is 17.7. The molecule has 0 saturated carbocycles. The molecule has 2 heterocycles. The lowest BCUT2D eigenvalue weighted by Crippen LogP contribution is -2.18. The molecule has 0 aliphatic rings. The van der Waals surface area contributed by atoms with Gasteiger partial charge in [-0.1, -0.05) is 59.1 Å². The predicted octanol–water partition coefficient (Wildman–Crippen LogP) is 8.21. The van der Waals surface area contributed by atoms with Crippen LogP contribution < -0.4 is 0 Å². The van der Waals surface area contributed by atoms with Crippen LogP contribution in [-0.2, 0) is 12.7 Å². The fourth-order valence-electron chi connectivity index (χ4n) is 4.19. The number of benzene rings is 3. The average molecular weight is 529 g/mol. The third-order valence-electron chi connectivity index (χ3n) is 5.81. The Morgan fingerprint density at radius 3 is 2.47 bits per heavy atom. The van der Waals surface area contributed by atoms with Gasteiger partial charge in [0, 0.05) is 33.1 Å². The minimum absolute atomic E-state index is 0.139. The number of hydrogen-bond acceptors (Lipinski definition) is 3. The zero-order chi connectivity index (χ0) is 25.6. The number of carbonyl (C=O) groups excluding carboxylic acids is 1. The summed E-state index contributed by atoms with van der Waals surface area (Å²) in [5, 5.41) is 0.749. The molecule has 4 nitrogen and oxygen atoms in total. The molecule has 0 fully saturated rings. The molecule has 2 aromatic heterocycles. The number of alkyl halides is 3. The van der Waals surface area contributed by atoms with Crippen molar-refractivity contribution in [1.82, 2.24) is 9.55 Å². The van der Waals surface area contributed by atoms with Crippen molar-refractivity contribution in [3.05, 3.63) is 111 Å². The van der Waals surface area contributed by atoms with E-state index in [1.54, 1.807) is 67.6 Å². The van der Waals surface area contributed by atoms with Gasteiger partial charge in [-0.2, -0.15) is 13.2 Å². The molecule has 0 unspecified atom stereocenters. The standard InChI is InChI=1S/C27H17Cl2F3N2O2/c1-15-7-10-21-19(11-15)23(24(35)22-13-33-26(36-22)16-5-3-2-4-6-16)25(27(30,31)32)34(21)14-17-8-9-18(28)12-20(17)29/h2-13H,14H2,1H3. The normalized spacial score (nSPS) is 11.8. The van der Waals surface area contributed by atoms with E-state index in [0.29, 0.717) is 21.7 Å². The molecule has 182 valence electrons. The van der Waals surface area contributed by atoms with Crippen molar-refractivity contribution in [2.45, 2.75) is 19.6 Å². The quantitative estimate of drug-likeness (QED) is 0.216. The average Bonchev–Trinajstić information content (AvgIpc) is 3.44. The first-order valence-electron chi connectivity index (χ1n) is 10.8. The Kier molecular flexibility index (Phi) is 6.14. The second-order valence-corrected chi connectivity index (χ2v) is 9.13. The summed E-state index contributed by atoms with van der Waals surface area (Å²) < 4.78 is 50.4. The summed E-state index contributed by atoms with van der Waals surface area (Å²) in [7, 11) is 0. The number of ketones is 1. The van der Waals surface area contributed by atoms with Crippen molar-refractivity contribution in [3.8, 4) is 11.5 Å². The Labute approximate surface area is 213 Å². The van der Waals surface area contributed by atoms with Gasteiger partial charge in [0.25, 0.3) is 0 Å². The highest BCUT2D eigenvalue weighted by Gasteiger charge is 2.42. The largest absolute Gasteiger partial charge is 0.433 e. The molecular weight excluding hydrogens is 512 g/mol. The second kappa shape index (κ2) is 9.15.